The van der Waals surface area contributed by atoms with Crippen molar-refractivity contribution in [2.24, 2.45) is 0 Å². The Morgan fingerprint density at radius 1 is 1.11 bits per heavy atom. The van der Waals surface area contributed by atoms with Gasteiger partial charge in [-0.3, -0.25) is 4.57 Å². The topological polar surface area (TPSA) is 93.7 Å². The van der Waals surface area contributed by atoms with Gasteiger partial charge in [0.1, 0.15) is 17.7 Å². The molecule has 0 unspecified atom stereocenters. The van der Waals surface area contributed by atoms with Gasteiger partial charge < -0.3 is 10.4 Å². The number of hydrogen-bond donors (Lipinski definition) is 2. The van der Waals surface area contributed by atoms with E-state index in [4.69, 9.17) is 4.98 Å². The fraction of sp³-hybridized carbons (Fsp3) is 0.300. The zero-order valence-electron chi connectivity index (χ0n) is 15.3. The van der Waals surface area contributed by atoms with E-state index >= 15 is 0 Å². The quantitative estimate of drug-likeness (QED) is 0.570. The maximum Gasteiger partial charge on any atom is 0.166 e. The molecule has 0 aromatic carbocycles. The van der Waals surface area contributed by atoms with Gasteiger partial charge in [-0.05, 0) is 49.9 Å². The summed E-state index contributed by atoms with van der Waals surface area (Å²) in [5.74, 6) is 1.53. The Morgan fingerprint density at radius 2 is 2.07 bits per heavy atom. The number of rotatable bonds is 4. The van der Waals surface area contributed by atoms with Gasteiger partial charge in [-0.2, -0.15) is 5.10 Å². The van der Waals surface area contributed by atoms with E-state index in [2.05, 4.69) is 20.4 Å². The highest BCUT2D eigenvalue weighted by Crippen LogP contribution is 2.24. The number of nitrogens with zero attached hydrogens (tertiary/aromatic N) is 6. The monoisotopic (exact) mass is 375 g/mol. The van der Waals surface area contributed by atoms with E-state index in [1.165, 1.54) is 0 Å². The second kappa shape index (κ2) is 7.05. The molecule has 0 aliphatic heterocycles. The Hall–Kier alpha value is -3.26. The van der Waals surface area contributed by atoms with Crippen LogP contribution >= 0.6 is 0 Å². The minimum atomic E-state index is -0.224. The van der Waals surface area contributed by atoms with Crippen molar-refractivity contribution in [2.75, 3.05) is 5.32 Å². The summed E-state index contributed by atoms with van der Waals surface area (Å²) in [4.78, 5) is 13.6. The van der Waals surface area contributed by atoms with Crippen molar-refractivity contribution in [1.29, 1.82) is 0 Å². The summed E-state index contributed by atoms with van der Waals surface area (Å²) >= 11 is 0. The molecule has 142 valence electrons. The predicted octanol–water partition coefficient (Wildman–Crippen LogP) is 2.72. The van der Waals surface area contributed by atoms with E-state index in [9.17, 15) is 5.11 Å². The van der Waals surface area contributed by atoms with E-state index in [0.717, 1.165) is 54.2 Å². The van der Waals surface area contributed by atoms with Gasteiger partial charge >= 0.3 is 0 Å². The molecule has 28 heavy (non-hydrogen) atoms. The van der Waals surface area contributed by atoms with E-state index in [-0.39, 0.29) is 12.1 Å². The number of imidazole rings is 1. The van der Waals surface area contributed by atoms with Crippen LogP contribution in [0, 0.1) is 0 Å². The average molecular weight is 375 g/mol. The number of pyridine rings is 2. The molecule has 0 amide bonds. The molecule has 8 nitrogen and oxygen atoms in total. The summed E-state index contributed by atoms with van der Waals surface area (Å²) < 4.78 is 3.67. The largest absolute Gasteiger partial charge is 0.393 e. The SMILES string of the molecule is O[C@H]1CCC[C@H](Nc2ccc3ncn(-c4ccnc(-n5cccn5)c4)c3n2)C1. The number of aliphatic hydroxyl groups excluding tert-OH is 1. The van der Waals surface area contributed by atoms with Gasteiger partial charge in [0.2, 0.25) is 0 Å². The van der Waals surface area contributed by atoms with E-state index < -0.39 is 0 Å². The van der Waals surface area contributed by atoms with Crippen LogP contribution in [0.2, 0.25) is 0 Å². The molecule has 1 fully saturated rings. The van der Waals surface area contributed by atoms with Crippen LogP contribution in [-0.2, 0) is 0 Å². The molecule has 4 aromatic rings. The summed E-state index contributed by atoms with van der Waals surface area (Å²) in [6.45, 7) is 0. The highest BCUT2D eigenvalue weighted by atomic mass is 16.3. The van der Waals surface area contributed by atoms with Crippen molar-refractivity contribution in [3.8, 4) is 11.5 Å². The van der Waals surface area contributed by atoms with Gasteiger partial charge in [0.05, 0.1) is 11.8 Å². The molecule has 1 saturated carbocycles. The van der Waals surface area contributed by atoms with Gasteiger partial charge in [-0.1, -0.05) is 0 Å². The normalized spacial score (nSPS) is 19.8. The molecular weight excluding hydrogens is 354 g/mol. The molecule has 0 spiro atoms. The smallest absolute Gasteiger partial charge is 0.166 e. The Kier molecular flexibility index (Phi) is 4.25. The number of aromatic nitrogens is 6. The van der Waals surface area contributed by atoms with Gasteiger partial charge in [0.15, 0.2) is 11.5 Å². The Morgan fingerprint density at radius 3 is 2.93 bits per heavy atom. The summed E-state index contributed by atoms with van der Waals surface area (Å²) in [5, 5.41) is 17.6. The molecule has 0 radical (unpaired) electrons. The third-order valence-corrected chi connectivity index (χ3v) is 5.14. The second-order valence-electron chi connectivity index (χ2n) is 7.14. The Labute approximate surface area is 161 Å². The first-order chi connectivity index (χ1) is 13.8. The van der Waals surface area contributed by atoms with E-state index in [1.54, 1.807) is 23.4 Å². The molecule has 2 N–H and O–H groups in total. The number of aliphatic hydroxyl groups is 1. The fourth-order valence-electron chi connectivity index (χ4n) is 3.75. The average Bonchev–Trinajstić information content (AvgIpc) is 3.38. The van der Waals surface area contributed by atoms with Crippen LogP contribution in [0.1, 0.15) is 25.7 Å². The van der Waals surface area contributed by atoms with Crippen molar-refractivity contribution >= 4 is 17.0 Å². The van der Waals surface area contributed by atoms with Crippen molar-refractivity contribution in [3.05, 3.63) is 55.2 Å². The third kappa shape index (κ3) is 3.22. The van der Waals surface area contributed by atoms with Crippen molar-refractivity contribution < 1.29 is 5.11 Å². The minimum absolute atomic E-state index is 0.224. The molecule has 1 aliphatic rings. The Balaban J connectivity index is 1.48. The molecule has 0 bridgehead atoms. The zero-order valence-corrected chi connectivity index (χ0v) is 15.3. The lowest BCUT2D eigenvalue weighted by Gasteiger charge is -2.27. The van der Waals surface area contributed by atoms with Crippen LogP contribution in [0.5, 0.6) is 0 Å². The lowest BCUT2D eigenvalue weighted by molar-refractivity contribution is 0.124. The molecule has 5 rings (SSSR count). The van der Waals surface area contributed by atoms with Gasteiger partial charge in [0, 0.05) is 30.7 Å². The van der Waals surface area contributed by atoms with E-state index in [0.29, 0.717) is 0 Å². The zero-order chi connectivity index (χ0) is 18.9. The molecule has 1 aliphatic carbocycles. The van der Waals surface area contributed by atoms with Crippen LogP contribution < -0.4 is 5.32 Å². The number of nitrogens with one attached hydrogen (secondary N) is 1. The van der Waals surface area contributed by atoms with Crippen molar-refractivity contribution in [2.45, 2.75) is 37.8 Å². The standard InChI is InChI=1S/C20H21N7O/c28-16-4-1-3-14(11-16)24-18-6-5-17-20(25-18)26(13-22-17)15-7-9-21-19(12-15)27-10-2-8-23-27/h2,5-10,12-14,16,28H,1,3-4,11H2,(H,24,25)/t14-,16-/m0/s1. The number of hydrogen-bond acceptors (Lipinski definition) is 6. The molecule has 4 heterocycles. The van der Waals surface area contributed by atoms with Crippen LogP contribution in [-0.4, -0.2) is 46.6 Å². The van der Waals surface area contributed by atoms with Crippen LogP contribution in [0.25, 0.3) is 22.7 Å². The van der Waals surface area contributed by atoms with E-state index in [1.807, 2.05) is 41.1 Å². The molecule has 2 atom stereocenters. The number of fused-ring (bicyclic) bond motifs is 1. The van der Waals surface area contributed by atoms with Crippen LogP contribution in [0.15, 0.2) is 55.2 Å². The minimum Gasteiger partial charge on any atom is -0.393 e. The van der Waals surface area contributed by atoms with Gasteiger partial charge in [-0.25, -0.2) is 19.6 Å². The maximum atomic E-state index is 9.91. The summed E-state index contributed by atoms with van der Waals surface area (Å²) in [7, 11) is 0. The fourth-order valence-corrected chi connectivity index (χ4v) is 3.75. The first kappa shape index (κ1) is 16.9. The Bertz CT molecular complexity index is 1090. The third-order valence-electron chi connectivity index (χ3n) is 5.14. The van der Waals surface area contributed by atoms with Crippen molar-refractivity contribution in [1.82, 2.24) is 29.3 Å². The van der Waals surface area contributed by atoms with Crippen LogP contribution in [0.3, 0.4) is 0 Å². The molecule has 0 saturated heterocycles. The van der Waals surface area contributed by atoms with Gasteiger partial charge in [0.25, 0.3) is 0 Å². The van der Waals surface area contributed by atoms with Crippen molar-refractivity contribution in [3.63, 3.8) is 0 Å². The predicted molar refractivity (Wildman–Crippen MR) is 106 cm³/mol. The lowest BCUT2D eigenvalue weighted by Crippen LogP contribution is -2.30. The maximum absolute atomic E-state index is 9.91. The molecular formula is C20H21N7O. The van der Waals surface area contributed by atoms with Gasteiger partial charge in [-0.15, -0.1) is 0 Å². The summed E-state index contributed by atoms with van der Waals surface area (Å²) in [6, 6.07) is 9.90. The first-order valence-corrected chi connectivity index (χ1v) is 9.51. The highest BCUT2D eigenvalue weighted by Gasteiger charge is 2.20. The summed E-state index contributed by atoms with van der Waals surface area (Å²) in [5.41, 5.74) is 2.52. The molecule has 4 aromatic heterocycles. The lowest BCUT2D eigenvalue weighted by atomic mass is 9.93. The highest BCUT2D eigenvalue weighted by molar-refractivity contribution is 5.75. The number of anilines is 1. The summed E-state index contributed by atoms with van der Waals surface area (Å²) in [6.07, 6.45) is 10.6. The van der Waals surface area contributed by atoms with Crippen LogP contribution in [0.4, 0.5) is 5.82 Å². The first-order valence-electron chi connectivity index (χ1n) is 9.51. The molecule has 8 heteroatoms. The second-order valence-corrected chi connectivity index (χ2v) is 7.14.